The fraction of sp³-hybridized carbons (Fsp3) is 0.833. The molecule has 2 fully saturated rings. The highest BCUT2D eigenvalue weighted by Gasteiger charge is 2.27. The molecular weight excluding hydrogens is 320 g/mol. The van der Waals surface area contributed by atoms with Crippen molar-refractivity contribution in [3.8, 4) is 0 Å². The van der Waals surface area contributed by atoms with Gasteiger partial charge in [0, 0.05) is 12.8 Å². The Morgan fingerprint density at radius 3 is 1.23 bits per heavy atom. The standard InChI is InChI=1S/C24H38O2/c1-3-11-19(12-4-1)21-15-7-9-17-23(21)25-26-24-18-10-8-16-22(24)20-13-5-2-6-14-20/h19-20H,1-18H2. The van der Waals surface area contributed by atoms with E-state index in [-0.39, 0.29) is 0 Å². The summed E-state index contributed by atoms with van der Waals surface area (Å²) >= 11 is 0. The molecule has 0 atom stereocenters. The van der Waals surface area contributed by atoms with Crippen LogP contribution < -0.4 is 0 Å². The molecule has 0 aromatic heterocycles. The van der Waals surface area contributed by atoms with E-state index < -0.39 is 0 Å². The molecule has 0 spiro atoms. The van der Waals surface area contributed by atoms with Crippen LogP contribution in [-0.2, 0) is 9.78 Å². The lowest BCUT2D eigenvalue weighted by atomic mass is 9.79. The Balaban J connectivity index is 1.46. The van der Waals surface area contributed by atoms with Crippen molar-refractivity contribution in [2.75, 3.05) is 0 Å². The normalized spacial score (nSPS) is 26.9. The van der Waals surface area contributed by atoms with Crippen LogP contribution in [0.4, 0.5) is 0 Å². The van der Waals surface area contributed by atoms with Crippen molar-refractivity contribution in [1.82, 2.24) is 0 Å². The van der Waals surface area contributed by atoms with Crippen LogP contribution in [-0.4, -0.2) is 0 Å². The van der Waals surface area contributed by atoms with Gasteiger partial charge in [-0.05, 0) is 87.2 Å². The summed E-state index contributed by atoms with van der Waals surface area (Å²) in [7, 11) is 0. The van der Waals surface area contributed by atoms with Crippen molar-refractivity contribution in [1.29, 1.82) is 0 Å². The topological polar surface area (TPSA) is 18.5 Å². The third-order valence-electron chi connectivity index (χ3n) is 7.36. The van der Waals surface area contributed by atoms with Crippen LogP contribution in [0.2, 0.25) is 0 Å². The maximum atomic E-state index is 6.13. The van der Waals surface area contributed by atoms with Crippen molar-refractivity contribution in [3.63, 3.8) is 0 Å². The van der Waals surface area contributed by atoms with Crippen molar-refractivity contribution in [3.05, 3.63) is 22.7 Å². The molecule has 2 saturated carbocycles. The number of allylic oxidation sites excluding steroid dienone is 4. The second kappa shape index (κ2) is 9.33. The average molecular weight is 359 g/mol. The zero-order valence-electron chi connectivity index (χ0n) is 16.7. The number of hydrogen-bond donors (Lipinski definition) is 0. The quantitative estimate of drug-likeness (QED) is 0.369. The molecule has 4 aliphatic rings. The Morgan fingerprint density at radius 2 is 0.808 bits per heavy atom. The highest BCUT2D eigenvalue weighted by Crippen LogP contribution is 2.41. The van der Waals surface area contributed by atoms with Crippen LogP contribution in [0.3, 0.4) is 0 Å². The van der Waals surface area contributed by atoms with Gasteiger partial charge in [-0.1, -0.05) is 38.5 Å². The zero-order valence-corrected chi connectivity index (χ0v) is 16.7. The molecule has 0 aromatic rings. The summed E-state index contributed by atoms with van der Waals surface area (Å²) in [5.41, 5.74) is 3.23. The second-order valence-electron chi connectivity index (χ2n) is 9.15. The van der Waals surface area contributed by atoms with Gasteiger partial charge in [0.15, 0.2) is 11.5 Å². The Morgan fingerprint density at radius 1 is 0.423 bits per heavy atom. The van der Waals surface area contributed by atoms with Gasteiger partial charge in [0.05, 0.1) is 0 Å². The summed E-state index contributed by atoms with van der Waals surface area (Å²) in [5, 5.41) is 0. The maximum Gasteiger partial charge on any atom is 0.155 e. The molecule has 0 saturated heterocycles. The molecule has 0 unspecified atom stereocenters. The van der Waals surface area contributed by atoms with Gasteiger partial charge in [0.25, 0.3) is 0 Å². The first-order valence-corrected chi connectivity index (χ1v) is 11.7. The summed E-state index contributed by atoms with van der Waals surface area (Å²) < 4.78 is 0. The highest BCUT2D eigenvalue weighted by atomic mass is 17.2. The van der Waals surface area contributed by atoms with E-state index >= 15 is 0 Å². The van der Waals surface area contributed by atoms with Gasteiger partial charge >= 0.3 is 0 Å². The van der Waals surface area contributed by atoms with Gasteiger partial charge in [-0.3, -0.25) is 9.78 Å². The molecule has 26 heavy (non-hydrogen) atoms. The smallest absolute Gasteiger partial charge is 0.155 e. The largest absolute Gasteiger partial charge is 0.295 e. The lowest BCUT2D eigenvalue weighted by Crippen LogP contribution is -2.17. The second-order valence-corrected chi connectivity index (χ2v) is 9.15. The minimum atomic E-state index is 0.779. The minimum Gasteiger partial charge on any atom is -0.295 e. The van der Waals surface area contributed by atoms with Crippen LogP contribution >= 0.6 is 0 Å². The highest BCUT2D eigenvalue weighted by molar-refractivity contribution is 5.17. The summed E-state index contributed by atoms with van der Waals surface area (Å²) in [6.07, 6.45) is 23.9. The molecule has 0 heterocycles. The van der Waals surface area contributed by atoms with E-state index in [4.69, 9.17) is 9.78 Å². The molecule has 0 aliphatic heterocycles. The Kier molecular flexibility index (Phi) is 6.62. The van der Waals surface area contributed by atoms with Crippen LogP contribution in [0.15, 0.2) is 22.7 Å². The Bertz CT molecular complexity index is 470. The zero-order chi connectivity index (χ0) is 17.6. The van der Waals surface area contributed by atoms with Gasteiger partial charge < -0.3 is 0 Å². The van der Waals surface area contributed by atoms with E-state index in [1.54, 1.807) is 11.1 Å². The molecule has 2 nitrogen and oxygen atoms in total. The molecule has 4 aliphatic carbocycles. The molecule has 0 N–H and O–H groups in total. The number of hydrogen-bond acceptors (Lipinski definition) is 2. The molecule has 146 valence electrons. The first kappa shape index (κ1) is 18.4. The van der Waals surface area contributed by atoms with Gasteiger partial charge in [0.1, 0.15) is 0 Å². The third-order valence-corrected chi connectivity index (χ3v) is 7.36. The predicted molar refractivity (Wildman–Crippen MR) is 106 cm³/mol. The average Bonchev–Trinajstić information content (AvgIpc) is 2.74. The molecule has 0 aromatic carbocycles. The minimum absolute atomic E-state index is 0.779. The molecular formula is C24H38O2. The summed E-state index contributed by atoms with van der Waals surface area (Å²) in [5.74, 6) is 3.98. The van der Waals surface area contributed by atoms with Gasteiger partial charge in [-0.25, -0.2) is 0 Å². The fourth-order valence-corrected chi connectivity index (χ4v) is 5.86. The van der Waals surface area contributed by atoms with E-state index in [0.29, 0.717) is 0 Å². The first-order chi connectivity index (χ1) is 12.9. The van der Waals surface area contributed by atoms with Crippen molar-refractivity contribution >= 4 is 0 Å². The molecule has 0 radical (unpaired) electrons. The van der Waals surface area contributed by atoms with E-state index in [1.165, 1.54) is 114 Å². The molecule has 0 bridgehead atoms. The van der Waals surface area contributed by atoms with E-state index in [0.717, 1.165) is 24.7 Å². The monoisotopic (exact) mass is 358 g/mol. The molecule has 2 heteroatoms. The lowest BCUT2D eigenvalue weighted by Gasteiger charge is -2.31. The Hall–Kier alpha value is -0.920. The predicted octanol–water partition coefficient (Wildman–Crippen LogP) is 7.75. The fourth-order valence-electron chi connectivity index (χ4n) is 5.86. The lowest BCUT2D eigenvalue weighted by molar-refractivity contribution is -0.235. The van der Waals surface area contributed by atoms with E-state index in [9.17, 15) is 0 Å². The van der Waals surface area contributed by atoms with Crippen molar-refractivity contribution in [2.45, 2.75) is 116 Å². The first-order valence-electron chi connectivity index (χ1n) is 11.7. The summed E-state index contributed by atoms with van der Waals surface area (Å²) in [6.45, 7) is 0. The SMILES string of the molecule is C1CCC(C2=C(OOC3=C(C4CCCCC4)CCCC3)CCCC2)CC1. The van der Waals surface area contributed by atoms with Gasteiger partial charge in [-0.2, -0.15) is 0 Å². The van der Waals surface area contributed by atoms with Crippen molar-refractivity contribution < 1.29 is 9.78 Å². The van der Waals surface area contributed by atoms with Crippen LogP contribution in [0.25, 0.3) is 0 Å². The van der Waals surface area contributed by atoms with Gasteiger partial charge in [-0.15, -0.1) is 0 Å². The van der Waals surface area contributed by atoms with Crippen LogP contribution in [0.5, 0.6) is 0 Å². The third kappa shape index (κ3) is 4.49. The van der Waals surface area contributed by atoms with Crippen LogP contribution in [0.1, 0.15) is 116 Å². The molecule has 4 rings (SSSR count). The maximum absolute atomic E-state index is 6.13. The van der Waals surface area contributed by atoms with E-state index in [2.05, 4.69) is 0 Å². The Labute approximate surface area is 160 Å². The van der Waals surface area contributed by atoms with Crippen LogP contribution in [0, 0.1) is 11.8 Å². The summed E-state index contributed by atoms with van der Waals surface area (Å²) in [6, 6.07) is 0. The molecule has 0 amide bonds. The van der Waals surface area contributed by atoms with Gasteiger partial charge in [0.2, 0.25) is 0 Å². The van der Waals surface area contributed by atoms with E-state index in [1.807, 2.05) is 0 Å². The summed E-state index contributed by atoms with van der Waals surface area (Å²) in [4.78, 5) is 12.3. The van der Waals surface area contributed by atoms with Crippen molar-refractivity contribution in [2.24, 2.45) is 11.8 Å². The number of rotatable bonds is 5.